The zero-order chi connectivity index (χ0) is 15.2. The highest BCUT2D eigenvalue weighted by Crippen LogP contribution is 2.21. The molecule has 0 radical (unpaired) electrons. The van der Waals surface area contributed by atoms with Crippen LogP contribution in [0.4, 0.5) is 0 Å². The Morgan fingerprint density at radius 3 is 2.79 bits per heavy atom. The molecule has 1 unspecified atom stereocenters. The van der Waals surface area contributed by atoms with E-state index in [1.807, 2.05) is 6.20 Å². The van der Waals surface area contributed by atoms with Crippen molar-refractivity contribution in [3.63, 3.8) is 0 Å². The van der Waals surface area contributed by atoms with Crippen LogP contribution in [0.5, 0.6) is 0 Å². The molecule has 8 heteroatoms. The topological polar surface area (TPSA) is 62.2 Å². The molecule has 1 aromatic rings. The summed E-state index contributed by atoms with van der Waals surface area (Å²) >= 11 is 0. The number of amides is 1. The van der Waals surface area contributed by atoms with Crippen LogP contribution in [0, 0.1) is 0 Å². The molecule has 0 aliphatic carbocycles. The van der Waals surface area contributed by atoms with Crippen molar-refractivity contribution in [3.8, 4) is 0 Å². The Balaban J connectivity index is 0.00000144. The molecule has 0 bridgehead atoms. The number of hydrogen-bond donors (Lipinski definition) is 2. The summed E-state index contributed by atoms with van der Waals surface area (Å²) in [6.07, 6.45) is 6.89. The first-order valence-corrected chi connectivity index (χ1v) is 8.54. The van der Waals surface area contributed by atoms with Gasteiger partial charge in [-0.25, -0.2) is 0 Å². The van der Waals surface area contributed by atoms with Crippen LogP contribution >= 0.6 is 24.8 Å². The molecule has 1 aromatic heterocycles. The zero-order valence-electron chi connectivity index (χ0n) is 14.1. The van der Waals surface area contributed by atoms with Crippen LogP contribution < -0.4 is 10.6 Å². The lowest BCUT2D eigenvalue weighted by Gasteiger charge is -2.20. The minimum Gasteiger partial charge on any atom is -0.353 e. The molecule has 3 rings (SSSR count). The summed E-state index contributed by atoms with van der Waals surface area (Å²) in [5.74, 6) is 0.545. The lowest BCUT2D eigenvalue weighted by Crippen LogP contribution is -2.35. The SMILES string of the molecule is Cl.Cl.O=C(Cn1ccc(C2CCCNC2)n1)NCCN1CCCC1. The van der Waals surface area contributed by atoms with Gasteiger partial charge < -0.3 is 15.5 Å². The second-order valence-corrected chi connectivity index (χ2v) is 6.38. The minimum atomic E-state index is 0. The molecule has 0 spiro atoms. The highest BCUT2D eigenvalue weighted by molar-refractivity contribution is 5.85. The lowest BCUT2D eigenvalue weighted by atomic mass is 9.97. The zero-order valence-corrected chi connectivity index (χ0v) is 15.7. The van der Waals surface area contributed by atoms with Crippen LogP contribution in [0.25, 0.3) is 0 Å². The monoisotopic (exact) mass is 377 g/mol. The number of aromatic nitrogens is 2. The quantitative estimate of drug-likeness (QED) is 0.786. The van der Waals surface area contributed by atoms with Gasteiger partial charge in [0.2, 0.25) is 5.91 Å². The van der Waals surface area contributed by atoms with Gasteiger partial charge in [0.15, 0.2) is 0 Å². The first-order valence-electron chi connectivity index (χ1n) is 8.54. The fourth-order valence-electron chi connectivity index (χ4n) is 3.35. The highest BCUT2D eigenvalue weighted by Gasteiger charge is 2.18. The Hall–Kier alpha value is -0.820. The van der Waals surface area contributed by atoms with Gasteiger partial charge in [-0.1, -0.05) is 0 Å². The Morgan fingerprint density at radius 2 is 2.08 bits per heavy atom. The van der Waals surface area contributed by atoms with Crippen molar-refractivity contribution in [2.24, 2.45) is 0 Å². The van der Waals surface area contributed by atoms with E-state index in [-0.39, 0.29) is 30.7 Å². The van der Waals surface area contributed by atoms with Crippen molar-refractivity contribution in [3.05, 3.63) is 18.0 Å². The molecule has 24 heavy (non-hydrogen) atoms. The van der Waals surface area contributed by atoms with Crippen molar-refractivity contribution < 1.29 is 4.79 Å². The van der Waals surface area contributed by atoms with Crippen molar-refractivity contribution >= 4 is 30.7 Å². The number of nitrogens with zero attached hydrogens (tertiary/aromatic N) is 3. The fraction of sp³-hybridized carbons (Fsp3) is 0.750. The normalized spacial score (nSPS) is 20.9. The van der Waals surface area contributed by atoms with Crippen molar-refractivity contribution in [1.29, 1.82) is 0 Å². The van der Waals surface area contributed by atoms with Crippen molar-refractivity contribution in [1.82, 2.24) is 25.3 Å². The first kappa shape index (κ1) is 21.2. The van der Waals surface area contributed by atoms with Gasteiger partial charge in [0.25, 0.3) is 0 Å². The van der Waals surface area contributed by atoms with E-state index in [0.717, 1.165) is 31.9 Å². The van der Waals surface area contributed by atoms with E-state index in [0.29, 0.717) is 12.5 Å². The number of rotatable bonds is 6. The summed E-state index contributed by atoms with van der Waals surface area (Å²) in [4.78, 5) is 14.4. The fourth-order valence-corrected chi connectivity index (χ4v) is 3.35. The molecule has 2 saturated heterocycles. The van der Waals surface area contributed by atoms with E-state index in [9.17, 15) is 4.79 Å². The van der Waals surface area contributed by atoms with Crippen molar-refractivity contribution in [2.45, 2.75) is 38.1 Å². The van der Waals surface area contributed by atoms with Gasteiger partial charge >= 0.3 is 0 Å². The molecule has 2 aliphatic rings. The molecule has 0 aromatic carbocycles. The summed E-state index contributed by atoms with van der Waals surface area (Å²) in [6, 6.07) is 2.05. The average Bonchev–Trinajstić information content (AvgIpc) is 3.20. The van der Waals surface area contributed by atoms with Crippen LogP contribution in [-0.4, -0.2) is 59.9 Å². The second kappa shape index (κ2) is 10.9. The smallest absolute Gasteiger partial charge is 0.241 e. The molecule has 2 aliphatic heterocycles. The average molecular weight is 378 g/mol. The van der Waals surface area contributed by atoms with E-state index in [4.69, 9.17) is 0 Å². The minimum absolute atomic E-state index is 0. The number of likely N-dealkylation sites (tertiary alicyclic amines) is 1. The maximum Gasteiger partial charge on any atom is 0.241 e. The predicted molar refractivity (Wildman–Crippen MR) is 100 cm³/mol. The Labute approximate surface area is 156 Å². The number of carbonyl (C=O) groups excluding carboxylic acids is 1. The molecular formula is C16H29Cl2N5O. The third-order valence-electron chi connectivity index (χ3n) is 4.63. The summed E-state index contributed by atoms with van der Waals surface area (Å²) in [7, 11) is 0. The van der Waals surface area contributed by atoms with Gasteiger partial charge in [-0.2, -0.15) is 5.10 Å². The summed E-state index contributed by atoms with van der Waals surface area (Å²) in [5, 5.41) is 11.0. The third kappa shape index (κ3) is 6.24. The number of piperidine rings is 1. The molecule has 138 valence electrons. The van der Waals surface area contributed by atoms with Crippen LogP contribution in [0.3, 0.4) is 0 Å². The van der Waals surface area contributed by atoms with E-state index in [1.165, 1.54) is 38.8 Å². The Kier molecular flexibility index (Phi) is 9.66. The Morgan fingerprint density at radius 1 is 1.29 bits per heavy atom. The second-order valence-electron chi connectivity index (χ2n) is 6.38. The first-order chi connectivity index (χ1) is 10.8. The molecule has 1 atom stereocenters. The van der Waals surface area contributed by atoms with Gasteiger partial charge in [-0.15, -0.1) is 24.8 Å². The van der Waals surface area contributed by atoms with Gasteiger partial charge in [0, 0.05) is 31.7 Å². The summed E-state index contributed by atoms with van der Waals surface area (Å²) in [6.45, 7) is 6.47. The van der Waals surface area contributed by atoms with E-state index >= 15 is 0 Å². The lowest BCUT2D eigenvalue weighted by molar-refractivity contribution is -0.121. The maximum atomic E-state index is 12.0. The third-order valence-corrected chi connectivity index (χ3v) is 4.63. The molecule has 6 nitrogen and oxygen atoms in total. The molecule has 0 saturated carbocycles. The van der Waals surface area contributed by atoms with Gasteiger partial charge in [-0.3, -0.25) is 9.48 Å². The van der Waals surface area contributed by atoms with Gasteiger partial charge in [0.1, 0.15) is 6.54 Å². The predicted octanol–water partition coefficient (Wildman–Crippen LogP) is 1.41. The van der Waals surface area contributed by atoms with E-state index in [2.05, 4.69) is 26.7 Å². The van der Waals surface area contributed by atoms with Gasteiger partial charge in [-0.05, 0) is 51.4 Å². The van der Waals surface area contributed by atoms with Crippen LogP contribution in [0.15, 0.2) is 12.3 Å². The largest absolute Gasteiger partial charge is 0.353 e. The molecule has 2 N–H and O–H groups in total. The Bertz CT molecular complexity index is 485. The van der Waals surface area contributed by atoms with E-state index < -0.39 is 0 Å². The molecular weight excluding hydrogens is 349 g/mol. The number of carbonyl (C=O) groups is 1. The number of halogens is 2. The van der Waals surface area contributed by atoms with Crippen molar-refractivity contribution in [2.75, 3.05) is 39.3 Å². The maximum absolute atomic E-state index is 12.0. The van der Waals surface area contributed by atoms with Crippen LogP contribution in [0.2, 0.25) is 0 Å². The molecule has 1 amide bonds. The molecule has 3 heterocycles. The summed E-state index contributed by atoms with van der Waals surface area (Å²) < 4.78 is 1.76. The highest BCUT2D eigenvalue weighted by atomic mass is 35.5. The summed E-state index contributed by atoms with van der Waals surface area (Å²) in [5.41, 5.74) is 1.11. The van der Waals surface area contributed by atoms with E-state index in [1.54, 1.807) is 4.68 Å². The van der Waals surface area contributed by atoms with Gasteiger partial charge in [0.05, 0.1) is 5.69 Å². The standard InChI is InChI=1S/C16H27N5O.2ClH/c22-16(18-7-11-20-8-1-2-9-20)13-21-10-5-15(19-21)14-4-3-6-17-12-14;;/h5,10,14,17H,1-4,6-9,11-13H2,(H,18,22);2*1H. The number of nitrogens with one attached hydrogen (secondary N) is 2. The number of hydrogen-bond acceptors (Lipinski definition) is 4. The van der Waals surface area contributed by atoms with Crippen LogP contribution in [0.1, 0.15) is 37.3 Å². The molecule has 2 fully saturated rings. The van der Waals surface area contributed by atoms with Crippen LogP contribution in [-0.2, 0) is 11.3 Å².